The van der Waals surface area contributed by atoms with Crippen LogP contribution in [-0.4, -0.2) is 32.6 Å². The van der Waals surface area contributed by atoms with Gasteiger partial charge in [-0.3, -0.25) is 9.59 Å². The lowest BCUT2D eigenvalue weighted by atomic mass is 9.95. The molecule has 0 aliphatic heterocycles. The molecule has 0 amide bonds. The predicted octanol–water partition coefficient (Wildman–Crippen LogP) is 5.44. The van der Waals surface area contributed by atoms with E-state index in [1.807, 2.05) is 0 Å². The normalized spacial score (nSPS) is 11.2. The van der Waals surface area contributed by atoms with E-state index < -0.39 is 28.1 Å². The van der Waals surface area contributed by atoms with Gasteiger partial charge in [-0.2, -0.15) is 0 Å². The number of phenols is 5. The maximum atomic E-state index is 14.1. The molecule has 0 saturated carbocycles. The van der Waals surface area contributed by atoms with Gasteiger partial charge in [0.25, 0.3) is 0 Å². The Labute approximate surface area is 229 Å². The molecule has 5 N–H and O–H groups in total. The van der Waals surface area contributed by atoms with E-state index in [0.29, 0.717) is 11.1 Å². The Morgan fingerprint density at radius 1 is 0.634 bits per heavy atom. The van der Waals surface area contributed by atoms with Crippen LogP contribution >= 0.6 is 0 Å². The van der Waals surface area contributed by atoms with Gasteiger partial charge in [-0.15, -0.1) is 0 Å². The third-order valence-electron chi connectivity index (χ3n) is 6.68. The van der Waals surface area contributed by atoms with Crippen LogP contribution in [0.25, 0.3) is 55.7 Å². The zero-order valence-corrected chi connectivity index (χ0v) is 21.2. The van der Waals surface area contributed by atoms with E-state index in [4.69, 9.17) is 13.6 Å². The van der Waals surface area contributed by atoms with Crippen molar-refractivity contribution >= 4 is 21.9 Å². The van der Waals surface area contributed by atoms with Crippen LogP contribution in [0.3, 0.4) is 0 Å². The first-order valence-electron chi connectivity index (χ1n) is 12.2. The Morgan fingerprint density at radius 2 is 1.24 bits per heavy atom. The van der Waals surface area contributed by atoms with E-state index in [-0.39, 0.29) is 61.8 Å². The average Bonchev–Trinajstić information content (AvgIpc) is 2.94. The van der Waals surface area contributed by atoms with Crippen LogP contribution < -0.4 is 15.6 Å². The number of phenolic OH excluding ortho intramolecular Hbond substituents is 5. The van der Waals surface area contributed by atoms with Gasteiger partial charge < -0.3 is 39.1 Å². The number of hydrogen-bond acceptors (Lipinski definition) is 10. The number of aromatic hydroxyl groups is 5. The molecule has 4 aromatic carbocycles. The molecule has 0 bridgehead atoms. The maximum absolute atomic E-state index is 14.1. The van der Waals surface area contributed by atoms with E-state index in [9.17, 15) is 35.1 Å². The number of ether oxygens (including phenoxy) is 1. The van der Waals surface area contributed by atoms with E-state index >= 15 is 0 Å². The van der Waals surface area contributed by atoms with Crippen molar-refractivity contribution in [2.45, 2.75) is 0 Å². The Balaban J connectivity index is 1.79. The average molecular weight is 552 g/mol. The summed E-state index contributed by atoms with van der Waals surface area (Å²) in [6.07, 6.45) is 0. The van der Waals surface area contributed by atoms with E-state index in [1.165, 1.54) is 67.8 Å². The molecular formula is C31H20O10. The van der Waals surface area contributed by atoms with Crippen molar-refractivity contribution in [2.75, 3.05) is 7.11 Å². The molecule has 41 heavy (non-hydrogen) atoms. The summed E-state index contributed by atoms with van der Waals surface area (Å²) in [7, 11) is 1.38. The summed E-state index contributed by atoms with van der Waals surface area (Å²) in [5.74, 6) is -1.58. The number of hydrogen-bond donors (Lipinski definition) is 5. The lowest BCUT2D eigenvalue weighted by Crippen LogP contribution is -2.10. The van der Waals surface area contributed by atoms with Crippen molar-refractivity contribution in [2.24, 2.45) is 0 Å². The molecule has 0 unspecified atom stereocenters. The Hall–Kier alpha value is -5.90. The first kappa shape index (κ1) is 25.4. The lowest BCUT2D eigenvalue weighted by Gasteiger charge is -2.15. The monoisotopic (exact) mass is 552 g/mol. The smallest absolute Gasteiger partial charge is 0.205 e. The molecule has 0 saturated heterocycles. The Kier molecular flexibility index (Phi) is 5.81. The van der Waals surface area contributed by atoms with Gasteiger partial charge in [0, 0.05) is 35.4 Å². The van der Waals surface area contributed by atoms with Crippen LogP contribution in [0.4, 0.5) is 0 Å². The molecule has 0 aliphatic rings. The van der Waals surface area contributed by atoms with Gasteiger partial charge in [0.05, 0.1) is 18.2 Å². The minimum Gasteiger partial charge on any atom is -0.508 e. The summed E-state index contributed by atoms with van der Waals surface area (Å²) in [5, 5.41) is 51.5. The van der Waals surface area contributed by atoms with Gasteiger partial charge in [0.15, 0.2) is 11.0 Å². The highest BCUT2D eigenvalue weighted by Crippen LogP contribution is 2.45. The van der Waals surface area contributed by atoms with Gasteiger partial charge in [0.1, 0.15) is 62.4 Å². The molecule has 204 valence electrons. The largest absolute Gasteiger partial charge is 0.508 e. The second-order valence-corrected chi connectivity index (χ2v) is 9.22. The van der Waals surface area contributed by atoms with Crippen molar-refractivity contribution in [3.63, 3.8) is 0 Å². The third kappa shape index (κ3) is 4.14. The topological polar surface area (TPSA) is 171 Å². The second kappa shape index (κ2) is 9.38. The van der Waals surface area contributed by atoms with Gasteiger partial charge in [0.2, 0.25) is 5.43 Å². The summed E-state index contributed by atoms with van der Waals surface area (Å²) >= 11 is 0. The fourth-order valence-electron chi connectivity index (χ4n) is 4.75. The second-order valence-electron chi connectivity index (χ2n) is 9.22. The van der Waals surface area contributed by atoms with Crippen LogP contribution in [0.1, 0.15) is 0 Å². The van der Waals surface area contributed by atoms with Crippen LogP contribution in [0, 0.1) is 0 Å². The molecule has 0 atom stereocenters. The number of fused-ring (bicyclic) bond motifs is 2. The lowest BCUT2D eigenvalue weighted by molar-refractivity contribution is 0.408. The molecule has 2 aromatic heterocycles. The minimum atomic E-state index is -0.783. The van der Waals surface area contributed by atoms with E-state index in [0.717, 1.165) is 12.1 Å². The molecule has 0 spiro atoms. The highest BCUT2D eigenvalue weighted by atomic mass is 16.5. The number of benzene rings is 4. The third-order valence-corrected chi connectivity index (χ3v) is 6.68. The summed E-state index contributed by atoms with van der Waals surface area (Å²) in [5.41, 5.74) is -1.67. The maximum Gasteiger partial charge on any atom is 0.205 e. The van der Waals surface area contributed by atoms with Gasteiger partial charge in [-0.1, -0.05) is 0 Å². The molecule has 6 rings (SSSR count). The van der Waals surface area contributed by atoms with Crippen LogP contribution in [0.2, 0.25) is 0 Å². The van der Waals surface area contributed by atoms with Crippen LogP contribution in [0.5, 0.6) is 34.5 Å². The van der Waals surface area contributed by atoms with Crippen LogP contribution in [-0.2, 0) is 0 Å². The summed E-state index contributed by atoms with van der Waals surface area (Å²) in [6, 6.07) is 16.1. The number of rotatable bonds is 4. The van der Waals surface area contributed by atoms with Crippen molar-refractivity contribution < 1.29 is 39.1 Å². The SMILES string of the molecule is COc1cc(O)c2c(=O)c(-c3c(O)cc(O)c4c(=O)cc(-c5ccc(O)cc5)oc34)c(-c3ccc(O)cc3)oc2c1. The molecule has 10 heteroatoms. The minimum absolute atomic E-state index is 0.0170. The fourth-order valence-corrected chi connectivity index (χ4v) is 4.75. The van der Waals surface area contributed by atoms with Crippen molar-refractivity contribution in [1.29, 1.82) is 0 Å². The molecule has 10 nitrogen and oxygen atoms in total. The molecular weight excluding hydrogens is 532 g/mol. The highest BCUT2D eigenvalue weighted by molar-refractivity contribution is 6.04. The first-order valence-corrected chi connectivity index (χ1v) is 12.2. The Bertz CT molecular complexity index is 2100. The number of methoxy groups -OCH3 is 1. The van der Waals surface area contributed by atoms with Crippen LogP contribution in [0.15, 0.2) is 91.2 Å². The molecule has 6 aromatic rings. The van der Waals surface area contributed by atoms with Gasteiger partial charge >= 0.3 is 0 Å². The standard InChI is InChI=1S/C31H20O10/c1-39-18-10-19(34)26-24(11-18)41-30(15-4-8-17(33)9-5-15)28(29(26)38)27-21(36)12-20(35)25-22(37)13-23(40-31(25)27)14-2-6-16(32)7-3-14/h2-13,32-36H,1H3. The summed E-state index contributed by atoms with van der Waals surface area (Å²) in [6.45, 7) is 0. The molecule has 0 aliphatic carbocycles. The first-order chi connectivity index (χ1) is 19.7. The summed E-state index contributed by atoms with van der Waals surface area (Å²) in [4.78, 5) is 27.4. The predicted molar refractivity (Wildman–Crippen MR) is 150 cm³/mol. The molecule has 0 radical (unpaired) electrons. The Morgan fingerprint density at radius 3 is 1.88 bits per heavy atom. The summed E-state index contributed by atoms with van der Waals surface area (Å²) < 4.78 is 17.4. The van der Waals surface area contributed by atoms with E-state index in [2.05, 4.69) is 0 Å². The van der Waals surface area contributed by atoms with Crippen molar-refractivity contribution in [1.82, 2.24) is 0 Å². The van der Waals surface area contributed by atoms with Crippen molar-refractivity contribution in [3.05, 3.63) is 93.2 Å². The van der Waals surface area contributed by atoms with Crippen molar-refractivity contribution in [3.8, 4) is 68.3 Å². The fraction of sp³-hybridized carbons (Fsp3) is 0.0323. The van der Waals surface area contributed by atoms with E-state index in [1.54, 1.807) is 0 Å². The zero-order chi connectivity index (χ0) is 29.0. The molecule has 2 heterocycles. The molecule has 0 fully saturated rings. The van der Waals surface area contributed by atoms with Gasteiger partial charge in [-0.05, 0) is 48.5 Å². The zero-order valence-electron chi connectivity index (χ0n) is 21.2. The highest BCUT2D eigenvalue weighted by Gasteiger charge is 2.28. The van der Waals surface area contributed by atoms with Gasteiger partial charge in [-0.25, -0.2) is 0 Å². The quantitative estimate of drug-likeness (QED) is 0.190.